The van der Waals surface area contributed by atoms with E-state index in [1.54, 1.807) is 29.2 Å². The normalized spacial score (nSPS) is 16.0. The molecule has 138 valence electrons. The standard InChI is InChI=1S/C20H24N2O3S/c1-16(17-6-3-2-4-7-17)13-14-21-26(24,25)19-11-9-18(10-12-19)22-15-5-8-20(22)23/h2-4,6-7,9-12,16,21H,5,8,13-15H2,1H3. The third kappa shape index (κ3) is 4.31. The SMILES string of the molecule is CC(CCNS(=O)(=O)c1ccc(N2CCCC2=O)cc1)c1ccccc1. The van der Waals surface area contributed by atoms with Gasteiger partial charge in [0, 0.05) is 25.2 Å². The van der Waals surface area contributed by atoms with E-state index in [1.807, 2.05) is 18.2 Å². The summed E-state index contributed by atoms with van der Waals surface area (Å²) in [5.41, 5.74) is 1.95. The Labute approximate surface area is 155 Å². The van der Waals surface area contributed by atoms with Crippen LogP contribution in [0.15, 0.2) is 59.5 Å². The smallest absolute Gasteiger partial charge is 0.240 e. The van der Waals surface area contributed by atoms with Crippen LogP contribution < -0.4 is 9.62 Å². The minimum Gasteiger partial charge on any atom is -0.312 e. The first-order chi connectivity index (χ1) is 12.5. The molecule has 0 bridgehead atoms. The third-order valence-corrected chi connectivity index (χ3v) is 6.25. The molecule has 6 heteroatoms. The van der Waals surface area contributed by atoms with Crippen LogP contribution >= 0.6 is 0 Å². The Balaban J connectivity index is 1.58. The van der Waals surface area contributed by atoms with Crippen LogP contribution in [-0.2, 0) is 14.8 Å². The van der Waals surface area contributed by atoms with Gasteiger partial charge in [0.15, 0.2) is 0 Å². The molecule has 1 saturated heterocycles. The molecule has 1 heterocycles. The largest absolute Gasteiger partial charge is 0.312 e. The van der Waals surface area contributed by atoms with Crippen LogP contribution in [0.5, 0.6) is 0 Å². The molecule has 2 aromatic rings. The van der Waals surface area contributed by atoms with Gasteiger partial charge in [-0.05, 0) is 48.6 Å². The minimum absolute atomic E-state index is 0.0913. The number of nitrogens with one attached hydrogen (secondary N) is 1. The molecule has 2 aromatic carbocycles. The van der Waals surface area contributed by atoms with Gasteiger partial charge in [-0.3, -0.25) is 4.79 Å². The molecule has 1 N–H and O–H groups in total. The summed E-state index contributed by atoms with van der Waals surface area (Å²) in [7, 11) is -3.55. The number of amides is 1. The van der Waals surface area contributed by atoms with Crippen LogP contribution in [0.3, 0.4) is 0 Å². The molecule has 1 aliphatic rings. The van der Waals surface area contributed by atoms with E-state index in [2.05, 4.69) is 23.8 Å². The van der Waals surface area contributed by atoms with Gasteiger partial charge in [-0.1, -0.05) is 37.3 Å². The highest BCUT2D eigenvalue weighted by Gasteiger charge is 2.22. The number of hydrogen-bond donors (Lipinski definition) is 1. The molecule has 0 spiro atoms. The van der Waals surface area contributed by atoms with E-state index in [4.69, 9.17) is 0 Å². The minimum atomic E-state index is -3.55. The number of nitrogens with zero attached hydrogens (tertiary/aromatic N) is 1. The lowest BCUT2D eigenvalue weighted by Crippen LogP contribution is -2.26. The highest BCUT2D eigenvalue weighted by atomic mass is 32.2. The number of carbonyl (C=O) groups is 1. The molecular weight excluding hydrogens is 348 g/mol. The van der Waals surface area contributed by atoms with Crippen LogP contribution in [-0.4, -0.2) is 27.4 Å². The zero-order valence-corrected chi connectivity index (χ0v) is 15.7. The molecule has 0 radical (unpaired) electrons. The van der Waals surface area contributed by atoms with Gasteiger partial charge in [-0.15, -0.1) is 0 Å². The van der Waals surface area contributed by atoms with Crippen molar-refractivity contribution in [1.29, 1.82) is 0 Å². The lowest BCUT2D eigenvalue weighted by Gasteiger charge is -2.16. The summed E-state index contributed by atoms with van der Waals surface area (Å²) in [5.74, 6) is 0.371. The maximum atomic E-state index is 12.5. The molecule has 0 aromatic heterocycles. The summed E-state index contributed by atoms with van der Waals surface area (Å²) in [6.45, 7) is 3.16. The van der Waals surface area contributed by atoms with Crippen molar-refractivity contribution in [2.75, 3.05) is 18.0 Å². The van der Waals surface area contributed by atoms with E-state index < -0.39 is 10.0 Å². The first-order valence-corrected chi connectivity index (χ1v) is 10.4. The number of carbonyl (C=O) groups excluding carboxylic acids is 1. The number of benzene rings is 2. The molecular formula is C20H24N2O3S. The molecule has 5 nitrogen and oxygen atoms in total. The average Bonchev–Trinajstić information content (AvgIpc) is 3.08. The molecule has 0 aliphatic carbocycles. The van der Waals surface area contributed by atoms with Gasteiger partial charge in [0.2, 0.25) is 15.9 Å². The Morgan fingerprint density at radius 3 is 2.38 bits per heavy atom. The van der Waals surface area contributed by atoms with Crippen molar-refractivity contribution in [3.63, 3.8) is 0 Å². The molecule has 1 fully saturated rings. The summed E-state index contributed by atoms with van der Waals surface area (Å²) >= 11 is 0. The van der Waals surface area contributed by atoms with E-state index in [0.717, 1.165) is 18.5 Å². The molecule has 26 heavy (non-hydrogen) atoms. The van der Waals surface area contributed by atoms with E-state index in [-0.39, 0.29) is 16.7 Å². The Morgan fingerprint density at radius 1 is 1.08 bits per heavy atom. The van der Waals surface area contributed by atoms with Crippen molar-refractivity contribution >= 4 is 21.6 Å². The Kier molecular flexibility index (Phi) is 5.74. The van der Waals surface area contributed by atoms with Gasteiger partial charge in [0.05, 0.1) is 4.90 Å². The van der Waals surface area contributed by atoms with Crippen molar-refractivity contribution in [1.82, 2.24) is 4.72 Å². The fraction of sp³-hybridized carbons (Fsp3) is 0.350. The molecule has 1 aliphatic heterocycles. The molecule has 1 amide bonds. The number of sulfonamides is 1. The number of anilines is 1. The van der Waals surface area contributed by atoms with Crippen molar-refractivity contribution in [3.8, 4) is 0 Å². The average molecular weight is 372 g/mol. The van der Waals surface area contributed by atoms with E-state index in [1.165, 1.54) is 5.56 Å². The second kappa shape index (κ2) is 8.01. The summed E-state index contributed by atoms with van der Waals surface area (Å²) in [6.07, 6.45) is 2.13. The molecule has 1 atom stereocenters. The van der Waals surface area contributed by atoms with Gasteiger partial charge < -0.3 is 4.90 Å². The monoisotopic (exact) mass is 372 g/mol. The van der Waals surface area contributed by atoms with Crippen molar-refractivity contribution in [2.45, 2.75) is 37.0 Å². The maximum absolute atomic E-state index is 12.5. The second-order valence-electron chi connectivity index (χ2n) is 6.64. The second-order valence-corrected chi connectivity index (χ2v) is 8.41. The highest BCUT2D eigenvalue weighted by molar-refractivity contribution is 7.89. The summed E-state index contributed by atoms with van der Waals surface area (Å²) in [5, 5.41) is 0. The van der Waals surface area contributed by atoms with Crippen LogP contribution in [0.25, 0.3) is 0 Å². The quantitative estimate of drug-likeness (QED) is 0.811. The highest BCUT2D eigenvalue weighted by Crippen LogP contribution is 2.23. The van der Waals surface area contributed by atoms with Crippen molar-refractivity contribution < 1.29 is 13.2 Å². The Bertz CT molecular complexity index is 848. The zero-order chi connectivity index (χ0) is 18.6. The summed E-state index contributed by atoms with van der Waals surface area (Å²) < 4.78 is 27.6. The first-order valence-electron chi connectivity index (χ1n) is 8.92. The lowest BCUT2D eigenvalue weighted by atomic mass is 9.98. The summed E-state index contributed by atoms with van der Waals surface area (Å²) in [6, 6.07) is 16.6. The van der Waals surface area contributed by atoms with Gasteiger partial charge >= 0.3 is 0 Å². The predicted molar refractivity (Wildman–Crippen MR) is 103 cm³/mol. The van der Waals surface area contributed by atoms with Crippen LogP contribution in [0.2, 0.25) is 0 Å². The Morgan fingerprint density at radius 2 is 1.77 bits per heavy atom. The Hall–Kier alpha value is -2.18. The van der Waals surface area contributed by atoms with Crippen LogP contribution in [0, 0.1) is 0 Å². The maximum Gasteiger partial charge on any atom is 0.240 e. The molecule has 0 saturated carbocycles. The zero-order valence-electron chi connectivity index (χ0n) is 14.9. The fourth-order valence-corrected chi connectivity index (χ4v) is 4.22. The van der Waals surface area contributed by atoms with Gasteiger partial charge in [-0.2, -0.15) is 0 Å². The van der Waals surface area contributed by atoms with Gasteiger partial charge in [0.25, 0.3) is 0 Å². The van der Waals surface area contributed by atoms with Crippen LogP contribution in [0.1, 0.15) is 37.7 Å². The fourth-order valence-electron chi connectivity index (χ4n) is 3.17. The predicted octanol–water partition coefficient (Wildman–Crippen LogP) is 3.29. The van der Waals surface area contributed by atoms with Crippen molar-refractivity contribution in [2.24, 2.45) is 0 Å². The van der Waals surface area contributed by atoms with E-state index >= 15 is 0 Å². The molecule has 3 rings (SSSR count). The summed E-state index contributed by atoms with van der Waals surface area (Å²) in [4.78, 5) is 13.7. The first kappa shape index (κ1) is 18.6. The van der Waals surface area contributed by atoms with Gasteiger partial charge in [-0.25, -0.2) is 13.1 Å². The number of rotatable bonds is 7. The number of hydrogen-bond acceptors (Lipinski definition) is 3. The van der Waals surface area contributed by atoms with Crippen LogP contribution in [0.4, 0.5) is 5.69 Å². The van der Waals surface area contributed by atoms with E-state index in [0.29, 0.717) is 19.5 Å². The third-order valence-electron chi connectivity index (χ3n) is 4.77. The van der Waals surface area contributed by atoms with Crippen molar-refractivity contribution in [3.05, 3.63) is 60.2 Å². The molecule has 1 unspecified atom stereocenters. The lowest BCUT2D eigenvalue weighted by molar-refractivity contribution is -0.117. The van der Waals surface area contributed by atoms with Gasteiger partial charge in [0.1, 0.15) is 0 Å². The van der Waals surface area contributed by atoms with E-state index in [9.17, 15) is 13.2 Å². The topological polar surface area (TPSA) is 66.5 Å².